The van der Waals surface area contributed by atoms with Crippen molar-refractivity contribution in [2.24, 2.45) is 0 Å². The molecule has 1 saturated carbocycles. The van der Waals surface area contributed by atoms with Gasteiger partial charge in [-0.15, -0.1) is 0 Å². The second kappa shape index (κ2) is 8.32. The topological polar surface area (TPSA) is 77.2 Å². The predicted molar refractivity (Wildman–Crippen MR) is 107 cm³/mol. The molecule has 0 spiro atoms. The van der Waals surface area contributed by atoms with Gasteiger partial charge in [0.25, 0.3) is 11.8 Å². The number of halogens is 1. The summed E-state index contributed by atoms with van der Waals surface area (Å²) < 4.78 is 11.2. The van der Waals surface area contributed by atoms with Crippen LogP contribution in [-0.4, -0.2) is 22.7 Å². The van der Waals surface area contributed by atoms with Gasteiger partial charge in [0, 0.05) is 10.9 Å². The number of thiophene rings is 1. The summed E-state index contributed by atoms with van der Waals surface area (Å²) >= 11 is 7.66. The Morgan fingerprint density at radius 3 is 2.82 bits per heavy atom. The first-order chi connectivity index (χ1) is 13.7. The van der Waals surface area contributed by atoms with Crippen molar-refractivity contribution in [1.82, 2.24) is 15.5 Å². The van der Waals surface area contributed by atoms with E-state index >= 15 is 0 Å². The molecular weight excluding hydrogens is 398 g/mol. The molecule has 0 radical (unpaired) electrons. The molecule has 3 aromatic rings. The van der Waals surface area contributed by atoms with Crippen LogP contribution >= 0.6 is 22.9 Å². The number of carbonyl (C=O) groups excluding carboxylic acids is 1. The standard InChI is InChI=1S/C20H20ClN3O3S/c21-15-6-2-3-7-16(15)26-12-17(25)23-20(9-4-1-5-10-20)19-22-18(24-27-19)14-8-11-28-13-14/h2-3,6-8,11,13H,1,4-5,9-10,12H2,(H,23,25). The van der Waals surface area contributed by atoms with Crippen LogP contribution in [0.4, 0.5) is 0 Å². The Kier molecular flexibility index (Phi) is 5.64. The lowest BCUT2D eigenvalue weighted by Gasteiger charge is -2.34. The van der Waals surface area contributed by atoms with E-state index in [0.29, 0.717) is 22.5 Å². The fourth-order valence-electron chi connectivity index (χ4n) is 3.48. The van der Waals surface area contributed by atoms with Crippen molar-refractivity contribution in [3.8, 4) is 17.1 Å². The molecule has 1 aliphatic carbocycles. The van der Waals surface area contributed by atoms with Gasteiger partial charge >= 0.3 is 0 Å². The molecule has 2 aromatic heterocycles. The summed E-state index contributed by atoms with van der Waals surface area (Å²) in [7, 11) is 0. The highest BCUT2D eigenvalue weighted by Gasteiger charge is 2.40. The molecule has 1 fully saturated rings. The molecule has 1 aliphatic rings. The lowest BCUT2D eigenvalue weighted by Crippen LogP contribution is -2.49. The molecule has 6 nitrogen and oxygen atoms in total. The van der Waals surface area contributed by atoms with Crippen LogP contribution in [0.2, 0.25) is 5.02 Å². The van der Waals surface area contributed by atoms with E-state index in [1.165, 1.54) is 0 Å². The van der Waals surface area contributed by atoms with Crippen molar-refractivity contribution in [2.45, 2.75) is 37.6 Å². The lowest BCUT2D eigenvalue weighted by molar-refractivity contribution is -0.126. The van der Waals surface area contributed by atoms with Crippen LogP contribution in [0.5, 0.6) is 5.75 Å². The molecule has 0 unspecified atom stereocenters. The average Bonchev–Trinajstić information content (AvgIpc) is 3.40. The first-order valence-corrected chi connectivity index (χ1v) is 10.5. The van der Waals surface area contributed by atoms with Crippen LogP contribution in [0.1, 0.15) is 38.0 Å². The monoisotopic (exact) mass is 417 g/mol. The van der Waals surface area contributed by atoms with E-state index in [4.69, 9.17) is 20.9 Å². The number of ether oxygens (including phenoxy) is 1. The average molecular weight is 418 g/mol. The maximum absolute atomic E-state index is 12.6. The van der Waals surface area contributed by atoms with E-state index in [1.54, 1.807) is 23.5 Å². The van der Waals surface area contributed by atoms with Gasteiger partial charge in [0.1, 0.15) is 11.3 Å². The van der Waals surface area contributed by atoms with Gasteiger partial charge in [-0.05, 0) is 36.4 Å². The van der Waals surface area contributed by atoms with Crippen molar-refractivity contribution in [1.29, 1.82) is 0 Å². The molecule has 0 atom stereocenters. The fourth-order valence-corrected chi connectivity index (χ4v) is 4.31. The summed E-state index contributed by atoms with van der Waals surface area (Å²) in [6, 6.07) is 9.03. The molecule has 146 valence electrons. The number of amides is 1. The number of benzene rings is 1. The minimum absolute atomic E-state index is 0.128. The molecule has 4 rings (SSSR count). The summed E-state index contributed by atoms with van der Waals surface area (Å²) in [6.07, 6.45) is 4.62. The van der Waals surface area contributed by atoms with E-state index < -0.39 is 5.54 Å². The molecule has 1 aromatic carbocycles. The van der Waals surface area contributed by atoms with Crippen LogP contribution < -0.4 is 10.1 Å². The van der Waals surface area contributed by atoms with Crippen molar-refractivity contribution in [2.75, 3.05) is 6.61 Å². The van der Waals surface area contributed by atoms with Crippen molar-refractivity contribution < 1.29 is 14.1 Å². The van der Waals surface area contributed by atoms with Gasteiger partial charge in [-0.25, -0.2) is 0 Å². The van der Waals surface area contributed by atoms with Crippen molar-refractivity contribution in [3.63, 3.8) is 0 Å². The number of aromatic nitrogens is 2. The number of hydrogen-bond donors (Lipinski definition) is 1. The van der Waals surface area contributed by atoms with E-state index in [1.807, 2.05) is 29.0 Å². The van der Waals surface area contributed by atoms with Gasteiger partial charge in [-0.2, -0.15) is 16.3 Å². The minimum atomic E-state index is -0.652. The highest BCUT2D eigenvalue weighted by molar-refractivity contribution is 7.08. The maximum Gasteiger partial charge on any atom is 0.258 e. The second-order valence-corrected chi connectivity index (χ2v) is 8.03. The number of rotatable bonds is 6. The largest absolute Gasteiger partial charge is 0.482 e. The van der Waals surface area contributed by atoms with Gasteiger partial charge < -0.3 is 14.6 Å². The van der Waals surface area contributed by atoms with Crippen LogP contribution in [-0.2, 0) is 10.3 Å². The molecule has 0 saturated heterocycles. The second-order valence-electron chi connectivity index (χ2n) is 6.85. The third-order valence-corrected chi connectivity index (χ3v) is 5.89. The third-order valence-electron chi connectivity index (χ3n) is 4.90. The normalized spacial score (nSPS) is 15.9. The first-order valence-electron chi connectivity index (χ1n) is 9.21. The van der Waals surface area contributed by atoms with Gasteiger partial charge in [0.15, 0.2) is 6.61 Å². The zero-order valence-corrected chi connectivity index (χ0v) is 16.8. The Labute approximate surface area is 171 Å². The third kappa shape index (κ3) is 4.05. The zero-order chi connectivity index (χ0) is 19.4. The molecule has 28 heavy (non-hydrogen) atoms. The molecule has 0 aliphatic heterocycles. The number of hydrogen-bond acceptors (Lipinski definition) is 6. The SMILES string of the molecule is O=C(COc1ccccc1Cl)NC1(c2nc(-c3ccsc3)no2)CCCCC1. The number of carbonyl (C=O) groups is 1. The van der Waals surface area contributed by atoms with Crippen LogP contribution in [0.3, 0.4) is 0 Å². The summed E-state index contributed by atoms with van der Waals surface area (Å²) in [6.45, 7) is -0.128. The molecular formula is C20H20ClN3O3S. The zero-order valence-electron chi connectivity index (χ0n) is 15.2. The van der Waals surface area contributed by atoms with Gasteiger partial charge in [-0.3, -0.25) is 4.79 Å². The van der Waals surface area contributed by atoms with E-state index in [0.717, 1.165) is 37.7 Å². The molecule has 1 N–H and O–H groups in total. The first kappa shape index (κ1) is 19.0. The molecule has 0 bridgehead atoms. The quantitative estimate of drug-likeness (QED) is 0.623. The number of para-hydroxylation sites is 1. The van der Waals surface area contributed by atoms with Crippen LogP contribution in [0, 0.1) is 0 Å². The number of nitrogens with one attached hydrogen (secondary N) is 1. The molecule has 1 amide bonds. The van der Waals surface area contributed by atoms with Gasteiger partial charge in [0.05, 0.1) is 5.02 Å². The highest BCUT2D eigenvalue weighted by Crippen LogP contribution is 2.37. The van der Waals surface area contributed by atoms with Gasteiger partial charge in [0.2, 0.25) is 5.82 Å². The maximum atomic E-state index is 12.6. The van der Waals surface area contributed by atoms with E-state index in [-0.39, 0.29) is 12.5 Å². The smallest absolute Gasteiger partial charge is 0.258 e. The van der Waals surface area contributed by atoms with E-state index in [2.05, 4.69) is 15.5 Å². The number of nitrogens with zero attached hydrogens (tertiary/aromatic N) is 2. The van der Waals surface area contributed by atoms with Gasteiger partial charge in [-0.1, -0.05) is 48.2 Å². The highest BCUT2D eigenvalue weighted by atomic mass is 35.5. The summed E-state index contributed by atoms with van der Waals surface area (Å²) in [5.41, 5.74) is 0.264. The minimum Gasteiger partial charge on any atom is -0.482 e. The Morgan fingerprint density at radius 1 is 1.25 bits per heavy atom. The summed E-state index contributed by atoms with van der Waals surface area (Å²) in [5.74, 6) is 1.24. The van der Waals surface area contributed by atoms with Crippen LogP contribution in [0.15, 0.2) is 45.6 Å². The van der Waals surface area contributed by atoms with Crippen molar-refractivity contribution in [3.05, 3.63) is 52.0 Å². The summed E-state index contributed by atoms with van der Waals surface area (Å²) in [5, 5.41) is 11.6. The Hall–Kier alpha value is -2.38. The lowest BCUT2D eigenvalue weighted by atomic mass is 9.81. The fraction of sp³-hybridized carbons (Fsp3) is 0.350. The van der Waals surface area contributed by atoms with Crippen LogP contribution in [0.25, 0.3) is 11.4 Å². The Balaban J connectivity index is 1.49. The predicted octanol–water partition coefficient (Wildman–Crippen LogP) is 4.81. The summed E-state index contributed by atoms with van der Waals surface area (Å²) in [4.78, 5) is 17.2. The Morgan fingerprint density at radius 2 is 2.07 bits per heavy atom. The van der Waals surface area contributed by atoms with Crippen molar-refractivity contribution >= 4 is 28.8 Å². The molecule has 2 heterocycles. The van der Waals surface area contributed by atoms with E-state index in [9.17, 15) is 4.79 Å². The Bertz CT molecular complexity index is 936. The molecule has 8 heteroatoms.